The van der Waals surface area contributed by atoms with E-state index in [1.165, 1.54) is 12.3 Å². The van der Waals surface area contributed by atoms with Crippen LogP contribution in [-0.4, -0.2) is 43.3 Å². The number of nitrogens with zero attached hydrogens (tertiary/aromatic N) is 3. The monoisotopic (exact) mass is 418 g/mol. The lowest BCUT2D eigenvalue weighted by atomic mass is 10.0. The Labute approximate surface area is 179 Å². The molecular formula is C23H22N4O4. The predicted octanol–water partition coefficient (Wildman–Crippen LogP) is 3.28. The number of hydrogen-bond acceptors (Lipinski definition) is 6. The second kappa shape index (κ2) is 9.36. The highest BCUT2D eigenvalue weighted by molar-refractivity contribution is 5.91. The van der Waals surface area contributed by atoms with Crippen LogP contribution in [0.15, 0.2) is 65.8 Å². The Balaban J connectivity index is 1.44. The van der Waals surface area contributed by atoms with Gasteiger partial charge in [-0.3, -0.25) is 14.9 Å². The number of nitrogens with one attached hydrogen (secondary N) is 1. The van der Waals surface area contributed by atoms with Crippen LogP contribution in [0.4, 0.5) is 11.4 Å². The first kappa shape index (κ1) is 20.5. The fourth-order valence-electron chi connectivity index (χ4n) is 3.68. The van der Waals surface area contributed by atoms with Crippen molar-refractivity contribution in [1.29, 1.82) is 0 Å². The van der Waals surface area contributed by atoms with Crippen molar-refractivity contribution in [2.75, 3.05) is 31.2 Å². The van der Waals surface area contributed by atoms with Gasteiger partial charge in [0.15, 0.2) is 0 Å². The summed E-state index contributed by atoms with van der Waals surface area (Å²) in [6.45, 7) is 2.31. The minimum atomic E-state index is -0.402. The van der Waals surface area contributed by atoms with E-state index >= 15 is 0 Å². The Morgan fingerprint density at radius 1 is 1.13 bits per heavy atom. The predicted molar refractivity (Wildman–Crippen MR) is 120 cm³/mol. The maximum absolute atomic E-state index is 12.3. The van der Waals surface area contributed by atoms with Gasteiger partial charge < -0.3 is 9.64 Å². The number of hydrogen-bond donors (Lipinski definition) is 1. The van der Waals surface area contributed by atoms with Crippen LogP contribution in [0.1, 0.15) is 11.1 Å². The van der Waals surface area contributed by atoms with Crippen LogP contribution in [0.5, 0.6) is 0 Å². The van der Waals surface area contributed by atoms with Gasteiger partial charge in [-0.2, -0.15) is 5.10 Å². The van der Waals surface area contributed by atoms with Crippen LogP contribution in [0.2, 0.25) is 0 Å². The van der Waals surface area contributed by atoms with Crippen molar-refractivity contribution in [3.8, 4) is 0 Å². The molecule has 0 aliphatic carbocycles. The van der Waals surface area contributed by atoms with E-state index in [2.05, 4.69) is 10.5 Å². The first-order valence-electron chi connectivity index (χ1n) is 10.0. The summed E-state index contributed by atoms with van der Waals surface area (Å²) >= 11 is 0. The fraction of sp³-hybridized carbons (Fsp3) is 0.217. The number of hydrazone groups is 1. The molecule has 8 nitrogen and oxygen atoms in total. The van der Waals surface area contributed by atoms with E-state index in [1.54, 1.807) is 12.1 Å². The molecule has 4 rings (SSSR count). The summed E-state index contributed by atoms with van der Waals surface area (Å²) in [4.78, 5) is 25.4. The highest BCUT2D eigenvalue weighted by Gasteiger charge is 2.21. The third-order valence-electron chi connectivity index (χ3n) is 5.18. The van der Waals surface area contributed by atoms with Crippen LogP contribution < -0.4 is 10.3 Å². The summed E-state index contributed by atoms with van der Waals surface area (Å²) in [6.07, 6.45) is 1.60. The third kappa shape index (κ3) is 4.87. The number of ether oxygens (including phenoxy) is 1. The molecule has 1 aliphatic rings. The van der Waals surface area contributed by atoms with Crippen LogP contribution in [0, 0.1) is 10.1 Å². The van der Waals surface area contributed by atoms with Gasteiger partial charge >= 0.3 is 0 Å². The number of amides is 1. The molecule has 0 saturated carbocycles. The maximum Gasteiger partial charge on any atom is 0.293 e. The SMILES string of the molecule is O=C(Cc1cccc2ccccc12)N/N=C\c1ccc(N2CCOCC2)c([N+](=O)[O-])c1. The highest BCUT2D eigenvalue weighted by atomic mass is 16.6. The van der Waals surface area contributed by atoms with Gasteiger partial charge in [0.2, 0.25) is 5.91 Å². The Morgan fingerprint density at radius 3 is 2.71 bits per heavy atom. The molecule has 0 unspecified atom stereocenters. The van der Waals surface area contributed by atoms with Gasteiger partial charge in [-0.05, 0) is 22.4 Å². The lowest BCUT2D eigenvalue weighted by Gasteiger charge is -2.28. The number of benzene rings is 3. The summed E-state index contributed by atoms with van der Waals surface area (Å²) in [5.74, 6) is -0.257. The quantitative estimate of drug-likeness (QED) is 0.376. The number of nitro groups is 1. The number of fused-ring (bicyclic) bond motifs is 1. The highest BCUT2D eigenvalue weighted by Crippen LogP contribution is 2.29. The van der Waals surface area contributed by atoms with Crippen molar-refractivity contribution < 1.29 is 14.5 Å². The van der Waals surface area contributed by atoms with Crippen LogP contribution in [-0.2, 0) is 16.0 Å². The summed E-state index contributed by atoms with van der Waals surface area (Å²) in [7, 11) is 0. The average Bonchev–Trinajstić information content (AvgIpc) is 2.80. The van der Waals surface area contributed by atoms with Crippen molar-refractivity contribution in [2.24, 2.45) is 5.10 Å². The third-order valence-corrected chi connectivity index (χ3v) is 5.18. The minimum Gasteiger partial charge on any atom is -0.378 e. The van der Waals surface area contributed by atoms with Gasteiger partial charge in [-0.25, -0.2) is 5.43 Å². The van der Waals surface area contributed by atoms with E-state index < -0.39 is 4.92 Å². The van der Waals surface area contributed by atoms with Gasteiger partial charge in [0.25, 0.3) is 5.69 Å². The molecule has 1 aliphatic heterocycles. The van der Waals surface area contributed by atoms with Crippen molar-refractivity contribution in [2.45, 2.75) is 6.42 Å². The van der Waals surface area contributed by atoms with E-state index in [9.17, 15) is 14.9 Å². The molecule has 1 heterocycles. The van der Waals surface area contributed by atoms with E-state index in [-0.39, 0.29) is 18.0 Å². The second-order valence-corrected chi connectivity index (χ2v) is 7.21. The van der Waals surface area contributed by atoms with Crippen molar-refractivity contribution >= 4 is 34.3 Å². The van der Waals surface area contributed by atoms with Crippen LogP contribution in [0.25, 0.3) is 10.8 Å². The van der Waals surface area contributed by atoms with Crippen molar-refractivity contribution in [3.63, 3.8) is 0 Å². The zero-order valence-electron chi connectivity index (χ0n) is 16.9. The molecule has 1 saturated heterocycles. The smallest absolute Gasteiger partial charge is 0.293 e. The fourth-order valence-corrected chi connectivity index (χ4v) is 3.68. The van der Waals surface area contributed by atoms with E-state index in [0.29, 0.717) is 37.6 Å². The molecule has 31 heavy (non-hydrogen) atoms. The lowest BCUT2D eigenvalue weighted by Crippen LogP contribution is -2.36. The van der Waals surface area contributed by atoms with E-state index in [4.69, 9.17) is 4.74 Å². The number of carbonyl (C=O) groups is 1. The van der Waals surface area contributed by atoms with Gasteiger partial charge in [-0.1, -0.05) is 48.5 Å². The summed E-state index contributed by atoms with van der Waals surface area (Å²) in [5, 5.41) is 17.6. The maximum atomic E-state index is 12.3. The molecule has 0 aromatic heterocycles. The molecule has 1 N–H and O–H groups in total. The van der Waals surface area contributed by atoms with Crippen molar-refractivity contribution in [1.82, 2.24) is 5.43 Å². The van der Waals surface area contributed by atoms with E-state index in [1.807, 2.05) is 47.4 Å². The Morgan fingerprint density at radius 2 is 1.90 bits per heavy atom. The van der Waals surface area contributed by atoms with Gasteiger partial charge in [0.1, 0.15) is 5.69 Å². The molecule has 3 aromatic carbocycles. The first-order valence-corrected chi connectivity index (χ1v) is 10.0. The first-order chi connectivity index (χ1) is 15.1. The minimum absolute atomic E-state index is 0.00734. The normalized spacial score (nSPS) is 14.1. The molecular weight excluding hydrogens is 396 g/mol. The van der Waals surface area contributed by atoms with Gasteiger partial charge in [-0.15, -0.1) is 0 Å². The van der Waals surface area contributed by atoms with E-state index in [0.717, 1.165) is 16.3 Å². The molecule has 158 valence electrons. The molecule has 0 atom stereocenters. The standard InChI is InChI=1S/C23H22N4O4/c28-23(15-19-6-3-5-18-4-1-2-7-20(18)19)25-24-16-17-8-9-21(22(14-17)27(29)30)26-10-12-31-13-11-26/h1-9,14,16H,10-13,15H2,(H,25,28)/b24-16-. The average molecular weight is 418 g/mol. The zero-order valence-corrected chi connectivity index (χ0v) is 16.9. The van der Waals surface area contributed by atoms with Crippen LogP contribution in [0.3, 0.4) is 0 Å². The molecule has 3 aromatic rings. The summed E-state index contributed by atoms with van der Waals surface area (Å²) < 4.78 is 5.31. The molecule has 0 spiro atoms. The molecule has 0 radical (unpaired) electrons. The molecule has 1 amide bonds. The molecule has 1 fully saturated rings. The number of rotatable bonds is 6. The summed E-state index contributed by atoms with van der Waals surface area (Å²) in [6, 6.07) is 18.6. The second-order valence-electron chi connectivity index (χ2n) is 7.21. The zero-order chi connectivity index (χ0) is 21.6. The Bertz CT molecular complexity index is 1130. The number of carbonyl (C=O) groups excluding carboxylic acids is 1. The van der Waals surface area contributed by atoms with Crippen molar-refractivity contribution in [3.05, 3.63) is 81.9 Å². The topological polar surface area (TPSA) is 97.1 Å². The lowest BCUT2D eigenvalue weighted by molar-refractivity contribution is -0.384. The number of nitro benzene ring substituents is 1. The van der Waals surface area contributed by atoms with Gasteiger partial charge in [0, 0.05) is 24.7 Å². The Hall–Kier alpha value is -3.78. The number of morpholine rings is 1. The van der Waals surface area contributed by atoms with Crippen LogP contribution >= 0.6 is 0 Å². The Kier molecular flexibility index (Phi) is 6.18. The number of anilines is 1. The summed E-state index contributed by atoms with van der Waals surface area (Å²) in [5.41, 5.74) is 4.52. The molecule has 8 heteroatoms. The van der Waals surface area contributed by atoms with Gasteiger partial charge in [0.05, 0.1) is 30.8 Å². The largest absolute Gasteiger partial charge is 0.378 e. The molecule has 0 bridgehead atoms.